The van der Waals surface area contributed by atoms with Crippen molar-refractivity contribution in [2.75, 3.05) is 13.2 Å². The van der Waals surface area contributed by atoms with E-state index in [9.17, 15) is 4.79 Å². The Bertz CT molecular complexity index is 2980. The van der Waals surface area contributed by atoms with Gasteiger partial charge in [0.25, 0.3) is 0 Å². The van der Waals surface area contributed by atoms with Gasteiger partial charge in [-0.3, -0.25) is 0 Å². The third-order valence-corrected chi connectivity index (χ3v) is 13.9. The Morgan fingerprint density at radius 1 is 0.300 bits per heavy atom. The second-order valence-corrected chi connectivity index (χ2v) is 19.8. The van der Waals surface area contributed by atoms with Crippen molar-refractivity contribution in [2.24, 2.45) is 0 Å². The van der Waals surface area contributed by atoms with Gasteiger partial charge in [0, 0.05) is 0 Å². The summed E-state index contributed by atoms with van der Waals surface area (Å²) < 4.78 is 76.8. The minimum absolute atomic E-state index is 0.0935. The van der Waals surface area contributed by atoms with E-state index in [0.29, 0.717) is 12.2 Å². The van der Waals surface area contributed by atoms with Crippen molar-refractivity contribution in [3.63, 3.8) is 0 Å². The molecule has 10 rings (SSSR count). The summed E-state index contributed by atoms with van der Waals surface area (Å²) in [6.07, 6.45) is -9.52. The molecular formula is C68H68O12. The van der Waals surface area contributed by atoms with Crippen molar-refractivity contribution >= 4 is 5.97 Å². The zero-order valence-electron chi connectivity index (χ0n) is 44.6. The molecule has 8 aromatic carbocycles. The number of benzene rings is 8. The fourth-order valence-electron chi connectivity index (χ4n) is 9.79. The minimum Gasteiger partial charge on any atom is -0.459 e. The first kappa shape index (κ1) is 56.1. The van der Waals surface area contributed by atoms with E-state index in [1.165, 1.54) is 0 Å². The van der Waals surface area contributed by atoms with Gasteiger partial charge in [-0.05, 0) is 51.1 Å². The summed E-state index contributed by atoms with van der Waals surface area (Å²) in [4.78, 5) is 13.9. The number of hydrogen-bond acceptors (Lipinski definition) is 12. The van der Waals surface area contributed by atoms with Gasteiger partial charge < -0.3 is 52.1 Å². The molecule has 80 heavy (non-hydrogen) atoms. The highest BCUT2D eigenvalue weighted by Gasteiger charge is 2.55. The Morgan fingerprint density at radius 3 is 1.01 bits per heavy atom. The van der Waals surface area contributed by atoms with Crippen molar-refractivity contribution in [3.8, 4) is 0 Å². The van der Waals surface area contributed by atoms with Crippen LogP contribution in [0.25, 0.3) is 0 Å². The van der Waals surface area contributed by atoms with E-state index >= 15 is 0 Å². The molecule has 0 spiro atoms. The monoisotopic (exact) mass is 1080 g/mol. The van der Waals surface area contributed by atoms with Crippen LogP contribution in [0.4, 0.5) is 0 Å². The van der Waals surface area contributed by atoms with Crippen LogP contribution >= 0.6 is 0 Å². The maximum Gasteiger partial charge on any atom is 0.338 e. The summed E-state index contributed by atoms with van der Waals surface area (Å²) in [6, 6.07) is 78.4. The lowest BCUT2D eigenvalue weighted by Gasteiger charge is -2.50. The molecule has 0 N–H and O–H groups in total. The molecule has 0 amide bonds. The number of ether oxygens (including phenoxy) is 11. The molecule has 2 heterocycles. The van der Waals surface area contributed by atoms with E-state index in [1.54, 1.807) is 24.3 Å². The zero-order valence-corrected chi connectivity index (χ0v) is 44.6. The van der Waals surface area contributed by atoms with Crippen LogP contribution in [0.2, 0.25) is 0 Å². The lowest BCUT2D eigenvalue weighted by molar-refractivity contribution is -0.377. The summed E-state index contributed by atoms with van der Waals surface area (Å²) in [6.45, 7) is 1.31. The van der Waals surface area contributed by atoms with Crippen LogP contribution in [0.15, 0.2) is 243 Å². The lowest BCUT2D eigenvalue weighted by Crippen LogP contribution is -2.66. The van der Waals surface area contributed by atoms with E-state index in [4.69, 9.17) is 52.1 Å². The Balaban J connectivity index is 1.06. The summed E-state index contributed by atoms with van der Waals surface area (Å²) in [5.74, 6) is -0.541. The first-order valence-corrected chi connectivity index (χ1v) is 27.3. The first-order valence-electron chi connectivity index (χ1n) is 27.3. The molecule has 12 nitrogen and oxygen atoms in total. The molecule has 10 atom stereocenters. The van der Waals surface area contributed by atoms with Crippen molar-refractivity contribution in [2.45, 2.75) is 108 Å². The Kier molecular flexibility index (Phi) is 21.0. The van der Waals surface area contributed by atoms with Crippen LogP contribution in [0.3, 0.4) is 0 Å². The summed E-state index contributed by atoms with van der Waals surface area (Å²) in [5, 5.41) is 0. The number of esters is 1. The topological polar surface area (TPSA) is 119 Å². The smallest absolute Gasteiger partial charge is 0.338 e. The minimum atomic E-state index is -1.21. The van der Waals surface area contributed by atoms with Gasteiger partial charge in [-0.1, -0.05) is 231 Å². The lowest BCUT2D eigenvalue weighted by atomic mass is 9.95. The molecule has 0 bridgehead atoms. The van der Waals surface area contributed by atoms with E-state index < -0.39 is 67.4 Å². The van der Waals surface area contributed by atoms with E-state index in [1.807, 2.05) is 218 Å². The Morgan fingerprint density at radius 2 is 0.600 bits per heavy atom. The Hall–Kier alpha value is -7.17. The quantitative estimate of drug-likeness (QED) is 0.0456. The van der Waals surface area contributed by atoms with Crippen LogP contribution in [0, 0.1) is 0 Å². The van der Waals surface area contributed by atoms with Gasteiger partial charge in [0.05, 0.1) is 58.4 Å². The Labute approximate surface area is 469 Å². The third-order valence-electron chi connectivity index (χ3n) is 13.9. The molecule has 0 saturated carbocycles. The van der Waals surface area contributed by atoms with Gasteiger partial charge in [-0.25, -0.2) is 4.79 Å². The van der Waals surface area contributed by atoms with Gasteiger partial charge in [-0.15, -0.1) is 0 Å². The third kappa shape index (κ3) is 16.2. The van der Waals surface area contributed by atoms with Crippen LogP contribution < -0.4 is 0 Å². The fraction of sp³-hybridized carbons (Fsp3) is 0.279. The van der Waals surface area contributed by atoms with Gasteiger partial charge in [0.15, 0.2) is 12.6 Å². The van der Waals surface area contributed by atoms with Crippen molar-refractivity contribution in [1.29, 1.82) is 0 Å². The largest absolute Gasteiger partial charge is 0.459 e. The maximum atomic E-state index is 13.9. The molecule has 0 aromatic heterocycles. The highest BCUT2D eigenvalue weighted by molar-refractivity contribution is 5.89. The number of hydrogen-bond donors (Lipinski definition) is 0. The second-order valence-electron chi connectivity index (χ2n) is 19.8. The number of rotatable bonds is 27. The molecule has 2 aliphatic heterocycles. The average molecular weight is 1080 g/mol. The van der Waals surface area contributed by atoms with Crippen molar-refractivity contribution in [3.05, 3.63) is 287 Å². The molecule has 8 aromatic rings. The molecule has 2 saturated heterocycles. The van der Waals surface area contributed by atoms with Gasteiger partial charge in [0.2, 0.25) is 0 Å². The second kappa shape index (κ2) is 29.9. The molecule has 0 radical (unpaired) electrons. The zero-order chi connectivity index (χ0) is 54.4. The van der Waals surface area contributed by atoms with E-state index in [2.05, 4.69) is 0 Å². The number of carbonyl (C=O) groups excluding carboxylic acids is 1. The molecule has 2 unspecified atom stereocenters. The average Bonchev–Trinajstić information content (AvgIpc) is 3.52. The molecule has 2 fully saturated rings. The number of carbonyl (C=O) groups is 1. The predicted molar refractivity (Wildman–Crippen MR) is 301 cm³/mol. The highest BCUT2D eigenvalue weighted by atomic mass is 16.8. The molecule has 412 valence electrons. The molecule has 12 heteroatoms. The normalized spacial score (nSPS) is 22.8. The van der Waals surface area contributed by atoms with Crippen LogP contribution in [-0.4, -0.2) is 80.6 Å². The highest BCUT2D eigenvalue weighted by Crippen LogP contribution is 2.37. The van der Waals surface area contributed by atoms with E-state index in [0.717, 1.165) is 38.9 Å². The summed E-state index contributed by atoms with van der Waals surface area (Å²) in [5.41, 5.74) is 6.97. The maximum absolute atomic E-state index is 13.9. The van der Waals surface area contributed by atoms with Crippen molar-refractivity contribution < 1.29 is 56.9 Å². The van der Waals surface area contributed by atoms with Crippen LogP contribution in [-0.2, 0) is 98.4 Å². The van der Waals surface area contributed by atoms with Gasteiger partial charge in [0.1, 0.15) is 55.4 Å². The predicted octanol–water partition coefficient (Wildman–Crippen LogP) is 12.0. The van der Waals surface area contributed by atoms with Crippen LogP contribution in [0.1, 0.15) is 49.3 Å². The summed E-state index contributed by atoms with van der Waals surface area (Å²) in [7, 11) is 0. The fourth-order valence-corrected chi connectivity index (χ4v) is 9.79. The van der Waals surface area contributed by atoms with E-state index in [-0.39, 0.29) is 52.9 Å². The summed E-state index contributed by atoms with van der Waals surface area (Å²) >= 11 is 0. The molecule has 0 aliphatic carbocycles. The first-order chi connectivity index (χ1) is 39.6. The molecular weight excluding hydrogens is 1010 g/mol. The van der Waals surface area contributed by atoms with Gasteiger partial charge in [-0.2, -0.15) is 0 Å². The van der Waals surface area contributed by atoms with Gasteiger partial charge >= 0.3 is 5.97 Å². The molecule has 2 aliphatic rings. The SMILES string of the molecule is O=C(OCC1O[C@@H](OCc2ccccc2)[C@@H](OCc2ccccc2)[C@@H](OCc2ccccc2)[C@H]1O[C@H]1OC(COCc2ccccc2)[C@H](OCc2ccccc2)[C@H](OCc2ccccc2)[C@@H]1OCc1ccccc1)c1ccccc1. The van der Waals surface area contributed by atoms with Crippen LogP contribution in [0.5, 0.6) is 0 Å². The van der Waals surface area contributed by atoms with Crippen molar-refractivity contribution in [1.82, 2.24) is 0 Å². The standard InChI is InChI=1S/C68H68O12/c69-66(57-39-23-8-24-40-57)76-49-59-61(63(73-44-53-31-15-4-16-32-53)64(74-45-54-33-17-5-18-34-54)67(78-59)77-47-56-37-21-7-22-38-56)80-68-65(75-46-55-35-19-6-20-36-55)62(72-43-52-29-13-3-14-30-52)60(71-42-51-27-11-2-12-28-51)58(79-68)48-70-41-50-25-9-1-10-26-50/h1-40,58-65,67-68H,41-49H2/t58?,59?,60-,61-,62-,63-,64-,65-,67+,68+/m0/s1.